The van der Waals surface area contributed by atoms with Crippen LogP contribution in [-0.4, -0.2) is 12.4 Å². The molecule has 13 heavy (non-hydrogen) atoms. The van der Waals surface area contributed by atoms with Crippen molar-refractivity contribution < 1.29 is 0 Å². The third-order valence-electron chi connectivity index (χ3n) is 2.54. The first kappa shape index (κ1) is 8.30. The highest BCUT2D eigenvalue weighted by Crippen LogP contribution is 2.28. The molecular weight excluding hydrogens is 160 g/mol. The SMILES string of the molecule is CC(=N)N1CCc2cc(C)ccc21. The smallest absolute Gasteiger partial charge is 0.0970 e. The van der Waals surface area contributed by atoms with Gasteiger partial charge < -0.3 is 4.90 Å². The molecular formula is C11H14N2. The molecule has 2 rings (SSSR count). The van der Waals surface area contributed by atoms with Crippen LogP contribution >= 0.6 is 0 Å². The highest BCUT2D eigenvalue weighted by atomic mass is 15.2. The molecule has 1 aromatic carbocycles. The fourth-order valence-electron chi connectivity index (χ4n) is 1.88. The van der Waals surface area contributed by atoms with E-state index in [-0.39, 0.29) is 0 Å². The lowest BCUT2D eigenvalue weighted by atomic mass is 10.1. The molecule has 0 bridgehead atoms. The Hall–Kier alpha value is -1.31. The van der Waals surface area contributed by atoms with Gasteiger partial charge in [0.25, 0.3) is 0 Å². The Kier molecular flexibility index (Phi) is 1.83. The Morgan fingerprint density at radius 1 is 1.46 bits per heavy atom. The van der Waals surface area contributed by atoms with Gasteiger partial charge in [0.15, 0.2) is 0 Å². The minimum atomic E-state index is 0.641. The van der Waals surface area contributed by atoms with Crippen molar-refractivity contribution in [2.24, 2.45) is 0 Å². The van der Waals surface area contributed by atoms with Crippen molar-refractivity contribution in [1.29, 1.82) is 5.41 Å². The highest BCUT2D eigenvalue weighted by Gasteiger charge is 2.19. The molecule has 0 aliphatic carbocycles. The third-order valence-corrected chi connectivity index (χ3v) is 2.54. The summed E-state index contributed by atoms with van der Waals surface area (Å²) in [5, 5.41) is 7.60. The molecule has 2 heteroatoms. The molecule has 0 saturated heterocycles. The second-order valence-corrected chi connectivity index (χ2v) is 3.62. The van der Waals surface area contributed by atoms with Gasteiger partial charge in [-0.25, -0.2) is 0 Å². The normalized spacial score (nSPS) is 14.5. The van der Waals surface area contributed by atoms with Crippen molar-refractivity contribution in [1.82, 2.24) is 0 Å². The van der Waals surface area contributed by atoms with E-state index in [1.165, 1.54) is 16.8 Å². The topological polar surface area (TPSA) is 27.1 Å². The van der Waals surface area contributed by atoms with E-state index in [9.17, 15) is 0 Å². The number of benzene rings is 1. The van der Waals surface area contributed by atoms with Crippen LogP contribution in [0.5, 0.6) is 0 Å². The van der Waals surface area contributed by atoms with Gasteiger partial charge in [-0.1, -0.05) is 17.7 Å². The first-order chi connectivity index (χ1) is 6.18. The average Bonchev–Trinajstić information content (AvgIpc) is 2.46. The van der Waals surface area contributed by atoms with Gasteiger partial charge >= 0.3 is 0 Å². The summed E-state index contributed by atoms with van der Waals surface area (Å²) < 4.78 is 0. The van der Waals surface area contributed by atoms with Crippen molar-refractivity contribution in [3.8, 4) is 0 Å². The molecule has 0 spiro atoms. The maximum absolute atomic E-state index is 7.60. The highest BCUT2D eigenvalue weighted by molar-refractivity contribution is 5.95. The fraction of sp³-hybridized carbons (Fsp3) is 0.364. The van der Waals surface area contributed by atoms with Gasteiger partial charge in [0, 0.05) is 12.2 Å². The number of fused-ring (bicyclic) bond motifs is 1. The summed E-state index contributed by atoms with van der Waals surface area (Å²) >= 11 is 0. The summed E-state index contributed by atoms with van der Waals surface area (Å²) in [7, 11) is 0. The number of hydrogen-bond donors (Lipinski definition) is 1. The predicted molar refractivity (Wildman–Crippen MR) is 55.6 cm³/mol. The first-order valence-corrected chi connectivity index (χ1v) is 4.61. The molecule has 1 aliphatic heterocycles. The average molecular weight is 174 g/mol. The van der Waals surface area contributed by atoms with Crippen molar-refractivity contribution in [2.45, 2.75) is 20.3 Å². The van der Waals surface area contributed by atoms with E-state index in [1.807, 2.05) is 6.92 Å². The molecule has 0 amide bonds. The Labute approximate surface area is 78.7 Å². The summed E-state index contributed by atoms with van der Waals surface area (Å²) in [6.45, 7) is 4.92. The Bertz CT molecular complexity index is 355. The lowest BCUT2D eigenvalue weighted by molar-refractivity contribution is 1.01. The molecule has 0 unspecified atom stereocenters. The lowest BCUT2D eigenvalue weighted by Gasteiger charge is -2.17. The van der Waals surface area contributed by atoms with Crippen molar-refractivity contribution in [2.75, 3.05) is 11.4 Å². The summed E-state index contributed by atoms with van der Waals surface area (Å²) in [4.78, 5) is 2.06. The van der Waals surface area contributed by atoms with Crippen LogP contribution in [0.3, 0.4) is 0 Å². The molecule has 68 valence electrons. The van der Waals surface area contributed by atoms with E-state index < -0.39 is 0 Å². The van der Waals surface area contributed by atoms with Crippen LogP contribution in [0.4, 0.5) is 5.69 Å². The Balaban J connectivity index is 2.44. The number of nitrogens with zero attached hydrogens (tertiary/aromatic N) is 1. The van der Waals surface area contributed by atoms with Crippen LogP contribution in [-0.2, 0) is 6.42 Å². The zero-order valence-electron chi connectivity index (χ0n) is 8.09. The molecule has 0 radical (unpaired) electrons. The Morgan fingerprint density at radius 3 is 2.92 bits per heavy atom. The summed E-state index contributed by atoms with van der Waals surface area (Å²) in [6.07, 6.45) is 1.08. The van der Waals surface area contributed by atoms with Crippen LogP contribution in [0.1, 0.15) is 18.1 Å². The van der Waals surface area contributed by atoms with Crippen LogP contribution in [0, 0.1) is 12.3 Å². The van der Waals surface area contributed by atoms with E-state index in [4.69, 9.17) is 5.41 Å². The van der Waals surface area contributed by atoms with Gasteiger partial charge in [-0.05, 0) is 31.9 Å². The van der Waals surface area contributed by atoms with Crippen LogP contribution in [0.25, 0.3) is 0 Å². The van der Waals surface area contributed by atoms with E-state index in [1.54, 1.807) is 0 Å². The quantitative estimate of drug-likeness (QED) is 0.474. The van der Waals surface area contributed by atoms with Gasteiger partial charge in [-0.2, -0.15) is 0 Å². The van der Waals surface area contributed by atoms with E-state index in [0.29, 0.717) is 5.84 Å². The van der Waals surface area contributed by atoms with E-state index >= 15 is 0 Å². The number of nitrogens with one attached hydrogen (secondary N) is 1. The molecule has 0 atom stereocenters. The standard InChI is InChI=1S/C11H14N2/c1-8-3-4-11-10(7-8)5-6-13(11)9(2)12/h3-4,7,12H,5-6H2,1-2H3. The summed E-state index contributed by atoms with van der Waals surface area (Å²) in [5.74, 6) is 0.641. The number of amidine groups is 1. The van der Waals surface area contributed by atoms with Crippen LogP contribution < -0.4 is 4.90 Å². The fourth-order valence-corrected chi connectivity index (χ4v) is 1.88. The first-order valence-electron chi connectivity index (χ1n) is 4.61. The number of rotatable bonds is 0. The van der Waals surface area contributed by atoms with Gasteiger partial charge in [-0.15, -0.1) is 0 Å². The van der Waals surface area contributed by atoms with Gasteiger partial charge in [-0.3, -0.25) is 5.41 Å². The summed E-state index contributed by atoms with van der Waals surface area (Å²) in [6, 6.07) is 6.45. The second-order valence-electron chi connectivity index (χ2n) is 3.62. The largest absolute Gasteiger partial charge is 0.330 e. The molecule has 0 fully saturated rings. The van der Waals surface area contributed by atoms with Crippen LogP contribution in [0.15, 0.2) is 18.2 Å². The van der Waals surface area contributed by atoms with Crippen molar-refractivity contribution in [3.63, 3.8) is 0 Å². The predicted octanol–water partition coefficient (Wildman–Crippen LogP) is 2.35. The van der Waals surface area contributed by atoms with Crippen molar-refractivity contribution in [3.05, 3.63) is 29.3 Å². The zero-order chi connectivity index (χ0) is 9.42. The number of anilines is 1. The van der Waals surface area contributed by atoms with E-state index in [0.717, 1.165) is 13.0 Å². The molecule has 1 heterocycles. The minimum Gasteiger partial charge on any atom is -0.330 e. The van der Waals surface area contributed by atoms with Gasteiger partial charge in [0.05, 0.1) is 5.84 Å². The zero-order valence-corrected chi connectivity index (χ0v) is 8.09. The molecule has 1 aromatic rings. The van der Waals surface area contributed by atoms with Crippen molar-refractivity contribution >= 4 is 11.5 Å². The summed E-state index contributed by atoms with van der Waals surface area (Å²) in [5.41, 5.74) is 3.91. The lowest BCUT2D eigenvalue weighted by Crippen LogP contribution is -2.25. The third kappa shape index (κ3) is 1.32. The molecule has 0 saturated carbocycles. The van der Waals surface area contributed by atoms with Crippen LogP contribution in [0.2, 0.25) is 0 Å². The monoisotopic (exact) mass is 174 g/mol. The maximum atomic E-state index is 7.60. The minimum absolute atomic E-state index is 0.641. The molecule has 1 N–H and O–H groups in total. The second kappa shape index (κ2) is 2.87. The van der Waals surface area contributed by atoms with Gasteiger partial charge in [0.2, 0.25) is 0 Å². The molecule has 1 aliphatic rings. The molecule has 0 aromatic heterocycles. The van der Waals surface area contributed by atoms with E-state index in [2.05, 4.69) is 30.0 Å². The van der Waals surface area contributed by atoms with Gasteiger partial charge in [0.1, 0.15) is 0 Å². The number of hydrogen-bond acceptors (Lipinski definition) is 1. The Morgan fingerprint density at radius 2 is 2.23 bits per heavy atom. The number of aryl methyl sites for hydroxylation is 1. The molecule has 2 nitrogen and oxygen atoms in total. The maximum Gasteiger partial charge on any atom is 0.0970 e.